The highest BCUT2D eigenvalue weighted by Gasteiger charge is 2.19. The Labute approximate surface area is 112 Å². The second kappa shape index (κ2) is 4.51. The number of carbonyl (C=O) groups is 2. The van der Waals surface area contributed by atoms with Crippen molar-refractivity contribution in [2.45, 2.75) is 19.3 Å². The number of nitrogens with zero attached hydrogens (tertiary/aromatic N) is 1. The molecule has 0 aliphatic heterocycles. The standard InChI is InChI=1S/C12H11N3O3S/c16-11(9-4-6-2-1-3-8(6)19-9)13-10-5-7(12(17)18)14-15-10/h4-5H,1-3H2,(H,17,18)(H2,13,14,15,16). The number of carboxylic acids is 1. The van der Waals surface area contributed by atoms with Crippen LogP contribution in [-0.2, 0) is 12.8 Å². The minimum Gasteiger partial charge on any atom is -0.477 e. The lowest BCUT2D eigenvalue weighted by molar-refractivity contribution is 0.0690. The van der Waals surface area contributed by atoms with Crippen LogP contribution >= 0.6 is 11.3 Å². The molecular formula is C12H11N3O3S. The number of aromatic carboxylic acids is 1. The fourth-order valence-corrected chi connectivity index (χ4v) is 3.26. The van der Waals surface area contributed by atoms with E-state index in [9.17, 15) is 9.59 Å². The van der Waals surface area contributed by atoms with E-state index < -0.39 is 5.97 Å². The SMILES string of the molecule is O=C(O)c1cc(NC(=O)c2cc3c(s2)CCC3)n[nH]1. The lowest BCUT2D eigenvalue weighted by Gasteiger charge is -1.98. The number of H-pyrrole nitrogens is 1. The molecule has 2 aromatic rings. The van der Waals surface area contributed by atoms with E-state index >= 15 is 0 Å². The van der Waals surface area contributed by atoms with E-state index in [-0.39, 0.29) is 17.4 Å². The van der Waals surface area contributed by atoms with Gasteiger partial charge in [0, 0.05) is 10.9 Å². The van der Waals surface area contributed by atoms with Gasteiger partial charge in [0.25, 0.3) is 5.91 Å². The summed E-state index contributed by atoms with van der Waals surface area (Å²) in [4.78, 5) is 24.6. The zero-order valence-electron chi connectivity index (χ0n) is 9.90. The predicted molar refractivity (Wildman–Crippen MR) is 69.8 cm³/mol. The van der Waals surface area contributed by atoms with Gasteiger partial charge in [-0.15, -0.1) is 11.3 Å². The molecule has 98 valence electrons. The Morgan fingerprint density at radius 3 is 2.89 bits per heavy atom. The van der Waals surface area contributed by atoms with E-state index in [1.807, 2.05) is 6.07 Å². The molecule has 0 saturated heterocycles. The molecule has 2 aromatic heterocycles. The maximum atomic E-state index is 12.0. The second-order valence-corrected chi connectivity index (χ2v) is 5.48. The number of carbonyl (C=O) groups excluding carboxylic acids is 1. The van der Waals surface area contributed by atoms with Crippen LogP contribution in [0.25, 0.3) is 0 Å². The molecule has 0 spiro atoms. The lowest BCUT2D eigenvalue weighted by Crippen LogP contribution is -2.10. The molecule has 3 rings (SSSR count). The molecule has 0 unspecified atom stereocenters. The normalized spacial score (nSPS) is 13.3. The average Bonchev–Trinajstić information content (AvgIpc) is 3.02. The predicted octanol–water partition coefficient (Wildman–Crippen LogP) is 1.91. The van der Waals surface area contributed by atoms with Crippen molar-refractivity contribution in [3.8, 4) is 0 Å². The van der Waals surface area contributed by atoms with Gasteiger partial charge in [0.05, 0.1) is 4.88 Å². The van der Waals surface area contributed by atoms with Crippen molar-refractivity contribution >= 4 is 29.0 Å². The summed E-state index contributed by atoms with van der Waals surface area (Å²) in [6, 6.07) is 3.20. The Morgan fingerprint density at radius 2 is 2.21 bits per heavy atom. The van der Waals surface area contributed by atoms with Crippen molar-refractivity contribution in [2.24, 2.45) is 0 Å². The van der Waals surface area contributed by atoms with Crippen molar-refractivity contribution in [3.05, 3.63) is 33.1 Å². The van der Waals surface area contributed by atoms with E-state index in [2.05, 4.69) is 15.5 Å². The number of amides is 1. The number of hydrogen-bond donors (Lipinski definition) is 3. The molecule has 1 amide bonds. The lowest BCUT2D eigenvalue weighted by atomic mass is 10.2. The van der Waals surface area contributed by atoms with Gasteiger partial charge in [0.15, 0.2) is 5.82 Å². The minimum atomic E-state index is -1.11. The van der Waals surface area contributed by atoms with Gasteiger partial charge in [-0.05, 0) is 30.9 Å². The van der Waals surface area contributed by atoms with Crippen molar-refractivity contribution in [1.82, 2.24) is 10.2 Å². The number of anilines is 1. The summed E-state index contributed by atoms with van der Waals surface area (Å²) in [6.07, 6.45) is 3.23. The molecule has 1 aliphatic rings. The van der Waals surface area contributed by atoms with Gasteiger partial charge < -0.3 is 10.4 Å². The Bertz CT molecular complexity index is 637. The Morgan fingerprint density at radius 1 is 1.37 bits per heavy atom. The quantitative estimate of drug-likeness (QED) is 0.798. The molecule has 2 heterocycles. The molecule has 7 heteroatoms. The third-order valence-electron chi connectivity index (χ3n) is 3.02. The van der Waals surface area contributed by atoms with Crippen molar-refractivity contribution in [1.29, 1.82) is 0 Å². The van der Waals surface area contributed by atoms with E-state index in [1.165, 1.54) is 27.8 Å². The first kappa shape index (κ1) is 11.9. The van der Waals surface area contributed by atoms with Crippen LogP contribution in [0.4, 0.5) is 5.82 Å². The Hall–Kier alpha value is -2.15. The van der Waals surface area contributed by atoms with Crippen LogP contribution < -0.4 is 5.32 Å². The van der Waals surface area contributed by atoms with Gasteiger partial charge in [-0.25, -0.2) is 4.79 Å². The highest BCUT2D eigenvalue weighted by molar-refractivity contribution is 7.14. The number of aryl methyl sites for hydroxylation is 2. The molecule has 0 aromatic carbocycles. The maximum Gasteiger partial charge on any atom is 0.353 e. The second-order valence-electron chi connectivity index (χ2n) is 4.34. The number of rotatable bonds is 3. The first-order chi connectivity index (χ1) is 9.13. The maximum absolute atomic E-state index is 12.0. The number of thiophene rings is 1. The summed E-state index contributed by atoms with van der Waals surface area (Å²) >= 11 is 1.50. The summed E-state index contributed by atoms with van der Waals surface area (Å²) in [6.45, 7) is 0. The van der Waals surface area contributed by atoms with Gasteiger partial charge in [0.1, 0.15) is 5.69 Å². The highest BCUT2D eigenvalue weighted by atomic mass is 32.1. The van der Waals surface area contributed by atoms with E-state index in [1.54, 1.807) is 0 Å². The summed E-state index contributed by atoms with van der Waals surface area (Å²) in [5.41, 5.74) is 1.20. The van der Waals surface area contributed by atoms with Gasteiger partial charge in [-0.3, -0.25) is 9.89 Å². The average molecular weight is 277 g/mol. The van der Waals surface area contributed by atoms with Crippen LogP contribution in [0.2, 0.25) is 0 Å². The summed E-state index contributed by atoms with van der Waals surface area (Å²) in [5, 5.41) is 17.4. The molecule has 19 heavy (non-hydrogen) atoms. The molecule has 1 aliphatic carbocycles. The largest absolute Gasteiger partial charge is 0.477 e. The van der Waals surface area contributed by atoms with Gasteiger partial charge in [-0.1, -0.05) is 0 Å². The topological polar surface area (TPSA) is 95.1 Å². The van der Waals surface area contributed by atoms with Crippen molar-refractivity contribution < 1.29 is 14.7 Å². The fourth-order valence-electron chi connectivity index (χ4n) is 2.11. The highest BCUT2D eigenvalue weighted by Crippen LogP contribution is 2.30. The number of nitrogens with one attached hydrogen (secondary N) is 2. The zero-order chi connectivity index (χ0) is 13.4. The third kappa shape index (κ3) is 2.24. The molecule has 0 bridgehead atoms. The summed E-state index contributed by atoms with van der Waals surface area (Å²) < 4.78 is 0. The van der Waals surface area contributed by atoms with Crippen LogP contribution in [-0.4, -0.2) is 27.2 Å². The van der Waals surface area contributed by atoms with Crippen LogP contribution in [0.5, 0.6) is 0 Å². The van der Waals surface area contributed by atoms with Gasteiger partial charge >= 0.3 is 5.97 Å². The molecule has 6 nitrogen and oxygen atoms in total. The van der Waals surface area contributed by atoms with Crippen LogP contribution in [0.3, 0.4) is 0 Å². The van der Waals surface area contributed by atoms with Crippen LogP contribution in [0.1, 0.15) is 37.0 Å². The van der Waals surface area contributed by atoms with E-state index in [0.29, 0.717) is 4.88 Å². The molecule has 0 radical (unpaired) electrons. The van der Waals surface area contributed by atoms with Gasteiger partial charge in [-0.2, -0.15) is 5.10 Å². The Kier molecular flexibility index (Phi) is 2.83. The molecule has 0 saturated carbocycles. The summed E-state index contributed by atoms with van der Waals surface area (Å²) in [5.74, 6) is -1.14. The Balaban J connectivity index is 1.74. The third-order valence-corrected chi connectivity index (χ3v) is 4.26. The first-order valence-corrected chi connectivity index (χ1v) is 6.67. The van der Waals surface area contributed by atoms with Crippen LogP contribution in [0, 0.1) is 0 Å². The van der Waals surface area contributed by atoms with Gasteiger partial charge in [0.2, 0.25) is 0 Å². The van der Waals surface area contributed by atoms with Crippen molar-refractivity contribution in [2.75, 3.05) is 5.32 Å². The zero-order valence-corrected chi connectivity index (χ0v) is 10.7. The van der Waals surface area contributed by atoms with E-state index in [0.717, 1.165) is 19.3 Å². The monoisotopic (exact) mass is 277 g/mol. The fraction of sp³-hybridized carbons (Fsp3) is 0.250. The molecule has 3 N–H and O–H groups in total. The number of aromatic amines is 1. The number of hydrogen-bond acceptors (Lipinski definition) is 4. The molecular weight excluding hydrogens is 266 g/mol. The smallest absolute Gasteiger partial charge is 0.353 e. The van der Waals surface area contributed by atoms with Crippen molar-refractivity contribution in [3.63, 3.8) is 0 Å². The number of aromatic nitrogens is 2. The summed E-state index contributed by atoms with van der Waals surface area (Å²) in [7, 11) is 0. The molecule has 0 atom stereocenters. The number of carboxylic acid groups (broad SMARTS) is 1. The molecule has 0 fully saturated rings. The number of fused-ring (bicyclic) bond motifs is 1. The van der Waals surface area contributed by atoms with E-state index in [4.69, 9.17) is 5.11 Å². The van der Waals surface area contributed by atoms with Crippen LogP contribution in [0.15, 0.2) is 12.1 Å². The first-order valence-electron chi connectivity index (χ1n) is 5.85. The minimum absolute atomic E-state index is 0.0519.